The number of fused-ring (bicyclic) bond motifs is 1. The lowest BCUT2D eigenvalue weighted by atomic mass is 9.92. The van der Waals surface area contributed by atoms with Gasteiger partial charge in [-0.05, 0) is 49.8 Å². The Balaban J connectivity index is 1.87. The quantitative estimate of drug-likeness (QED) is 0.369. The largest absolute Gasteiger partial charge is 0.465 e. The Hall–Kier alpha value is -3.93. The fourth-order valence-electron chi connectivity index (χ4n) is 3.52. The summed E-state index contributed by atoms with van der Waals surface area (Å²) < 4.78 is 10.4. The number of ether oxygens (including phenoxy) is 1. The van der Waals surface area contributed by atoms with E-state index < -0.39 is 11.9 Å². The van der Waals surface area contributed by atoms with E-state index in [1.165, 1.54) is 13.2 Å². The smallest absolute Gasteiger partial charge is 0.341 e. The van der Waals surface area contributed by atoms with Crippen LogP contribution in [0.15, 0.2) is 59.0 Å². The summed E-state index contributed by atoms with van der Waals surface area (Å²) in [4.78, 5) is 39.6. The molecule has 2 aromatic carbocycles. The third-order valence-corrected chi connectivity index (χ3v) is 4.97. The minimum absolute atomic E-state index is 0.285. The number of methoxy groups -OCH3 is 1. The summed E-state index contributed by atoms with van der Waals surface area (Å²) in [6, 6.07) is 15.7. The second-order valence-corrected chi connectivity index (χ2v) is 7.00. The van der Waals surface area contributed by atoms with Crippen molar-refractivity contribution in [2.24, 2.45) is 0 Å². The van der Waals surface area contributed by atoms with E-state index in [-0.39, 0.29) is 11.5 Å². The first-order valence-electron chi connectivity index (χ1n) is 9.36. The normalized spacial score (nSPS) is 14.8. The van der Waals surface area contributed by atoms with E-state index in [2.05, 4.69) is 0 Å². The maximum atomic E-state index is 13.4. The molecule has 150 valence electrons. The summed E-state index contributed by atoms with van der Waals surface area (Å²) in [7, 11) is 1.29. The fraction of sp³-hybridized carbons (Fsp3) is 0.125. The summed E-state index contributed by atoms with van der Waals surface area (Å²) in [5, 5.41) is 0. The average Bonchev–Trinajstić information content (AvgIpc) is 3.11. The van der Waals surface area contributed by atoms with Crippen molar-refractivity contribution >= 4 is 35.1 Å². The molecule has 0 saturated heterocycles. The van der Waals surface area contributed by atoms with Crippen LogP contribution in [0.1, 0.15) is 43.4 Å². The summed E-state index contributed by atoms with van der Waals surface area (Å²) in [5.74, 6) is -0.656. The standard InChI is InChI=1S/C24H19NO5/c1-14-7-6-8-16(11-14)25-22(26)19-10-5-4-9-18(19)21(23(25)27)13-17-12-20(15(2)30-17)24(28)29-3/h4-13H,1-3H3/b21-13-. The van der Waals surface area contributed by atoms with E-state index >= 15 is 0 Å². The summed E-state index contributed by atoms with van der Waals surface area (Å²) >= 11 is 0. The molecule has 2 amide bonds. The summed E-state index contributed by atoms with van der Waals surface area (Å²) in [6.07, 6.45) is 1.55. The number of carbonyl (C=O) groups excluding carboxylic acids is 3. The lowest BCUT2D eigenvalue weighted by Gasteiger charge is -2.28. The number of imide groups is 1. The molecule has 0 bridgehead atoms. The maximum Gasteiger partial charge on any atom is 0.341 e. The zero-order valence-corrected chi connectivity index (χ0v) is 16.8. The molecule has 0 radical (unpaired) electrons. The van der Waals surface area contributed by atoms with Gasteiger partial charge in [-0.1, -0.05) is 30.3 Å². The molecule has 0 spiro atoms. The molecule has 0 N–H and O–H groups in total. The zero-order chi connectivity index (χ0) is 21.4. The Labute approximate surface area is 173 Å². The number of rotatable bonds is 3. The molecule has 0 atom stereocenters. The van der Waals surface area contributed by atoms with Gasteiger partial charge in [0, 0.05) is 11.1 Å². The highest BCUT2D eigenvalue weighted by Crippen LogP contribution is 2.34. The number of hydrogen-bond donors (Lipinski definition) is 0. The first-order valence-corrected chi connectivity index (χ1v) is 9.36. The van der Waals surface area contributed by atoms with Crippen LogP contribution >= 0.6 is 0 Å². The molecule has 1 aliphatic heterocycles. The van der Waals surface area contributed by atoms with E-state index in [9.17, 15) is 14.4 Å². The Kier molecular flexibility index (Phi) is 4.83. The number of esters is 1. The molecule has 1 aliphatic rings. The molecule has 2 heterocycles. The van der Waals surface area contributed by atoms with Crippen LogP contribution in [-0.2, 0) is 9.53 Å². The predicted molar refractivity (Wildman–Crippen MR) is 112 cm³/mol. The van der Waals surface area contributed by atoms with Gasteiger partial charge in [-0.15, -0.1) is 0 Å². The Morgan fingerprint density at radius 3 is 2.40 bits per heavy atom. The van der Waals surface area contributed by atoms with Crippen molar-refractivity contribution in [1.29, 1.82) is 0 Å². The van der Waals surface area contributed by atoms with Gasteiger partial charge < -0.3 is 9.15 Å². The van der Waals surface area contributed by atoms with Crippen LogP contribution in [0.25, 0.3) is 11.6 Å². The van der Waals surface area contributed by atoms with Gasteiger partial charge in [0.15, 0.2) is 0 Å². The van der Waals surface area contributed by atoms with Crippen LogP contribution in [-0.4, -0.2) is 24.9 Å². The Morgan fingerprint density at radius 2 is 1.70 bits per heavy atom. The van der Waals surface area contributed by atoms with Gasteiger partial charge in [0.25, 0.3) is 11.8 Å². The lowest BCUT2D eigenvalue weighted by Crippen LogP contribution is -2.41. The summed E-state index contributed by atoms with van der Waals surface area (Å²) in [6.45, 7) is 3.54. The van der Waals surface area contributed by atoms with Crippen LogP contribution in [0.3, 0.4) is 0 Å². The number of nitrogens with zero attached hydrogens (tertiary/aromatic N) is 1. The van der Waals surface area contributed by atoms with Crippen LogP contribution in [0.2, 0.25) is 0 Å². The predicted octanol–water partition coefficient (Wildman–Crippen LogP) is 4.41. The van der Waals surface area contributed by atoms with Gasteiger partial charge in [-0.25, -0.2) is 9.69 Å². The van der Waals surface area contributed by atoms with Crippen molar-refractivity contribution in [1.82, 2.24) is 0 Å². The van der Waals surface area contributed by atoms with Crippen LogP contribution in [0.5, 0.6) is 0 Å². The number of benzene rings is 2. The van der Waals surface area contributed by atoms with E-state index in [4.69, 9.17) is 9.15 Å². The first kappa shape index (κ1) is 19.4. The topological polar surface area (TPSA) is 76.8 Å². The van der Waals surface area contributed by atoms with Crippen molar-refractivity contribution in [2.75, 3.05) is 12.0 Å². The van der Waals surface area contributed by atoms with Gasteiger partial charge >= 0.3 is 5.97 Å². The van der Waals surface area contributed by atoms with Crippen molar-refractivity contribution in [3.63, 3.8) is 0 Å². The molecular weight excluding hydrogens is 382 g/mol. The number of hydrogen-bond acceptors (Lipinski definition) is 5. The highest BCUT2D eigenvalue weighted by molar-refractivity contribution is 6.43. The second kappa shape index (κ2) is 7.48. The SMILES string of the molecule is COC(=O)c1cc(/C=C2\C(=O)N(c3cccc(C)c3)C(=O)c3ccccc32)oc1C. The third-order valence-electron chi connectivity index (χ3n) is 4.97. The van der Waals surface area contributed by atoms with Crippen LogP contribution in [0.4, 0.5) is 5.69 Å². The van der Waals surface area contributed by atoms with Crippen molar-refractivity contribution in [2.45, 2.75) is 13.8 Å². The van der Waals surface area contributed by atoms with E-state index in [1.54, 1.807) is 55.5 Å². The molecule has 6 nitrogen and oxygen atoms in total. The number of amides is 2. The first-order chi connectivity index (χ1) is 14.4. The molecule has 6 heteroatoms. The molecule has 3 aromatic rings. The van der Waals surface area contributed by atoms with E-state index in [1.807, 2.05) is 13.0 Å². The van der Waals surface area contributed by atoms with Crippen molar-refractivity contribution in [3.8, 4) is 0 Å². The summed E-state index contributed by atoms with van der Waals surface area (Å²) in [5.41, 5.74) is 2.95. The lowest BCUT2D eigenvalue weighted by molar-refractivity contribution is -0.112. The molecule has 0 saturated carbocycles. The number of furan rings is 1. The molecule has 1 aromatic heterocycles. The maximum absolute atomic E-state index is 13.4. The van der Waals surface area contributed by atoms with Gasteiger partial charge in [0.05, 0.1) is 18.4 Å². The van der Waals surface area contributed by atoms with Gasteiger partial charge in [-0.2, -0.15) is 0 Å². The number of aryl methyl sites for hydroxylation is 2. The second-order valence-electron chi connectivity index (χ2n) is 7.00. The molecule has 0 unspecified atom stereocenters. The highest BCUT2D eigenvalue weighted by atomic mass is 16.5. The van der Waals surface area contributed by atoms with Gasteiger partial charge in [0.2, 0.25) is 0 Å². The molecular formula is C24H19NO5. The number of carbonyl (C=O) groups is 3. The third kappa shape index (κ3) is 3.22. The van der Waals surface area contributed by atoms with E-state index in [0.29, 0.717) is 33.9 Å². The van der Waals surface area contributed by atoms with Crippen molar-refractivity contribution < 1.29 is 23.5 Å². The molecule has 0 aliphatic carbocycles. The average molecular weight is 401 g/mol. The molecule has 30 heavy (non-hydrogen) atoms. The Bertz CT molecular complexity index is 1220. The fourth-order valence-corrected chi connectivity index (χ4v) is 3.52. The molecule has 0 fully saturated rings. The highest BCUT2D eigenvalue weighted by Gasteiger charge is 2.36. The van der Waals surface area contributed by atoms with Crippen LogP contribution in [0, 0.1) is 13.8 Å². The van der Waals surface area contributed by atoms with Crippen molar-refractivity contribution in [3.05, 3.63) is 88.4 Å². The minimum Gasteiger partial charge on any atom is -0.465 e. The van der Waals surface area contributed by atoms with Gasteiger partial charge in [-0.3, -0.25) is 9.59 Å². The number of anilines is 1. The zero-order valence-electron chi connectivity index (χ0n) is 16.8. The van der Waals surface area contributed by atoms with Gasteiger partial charge in [0.1, 0.15) is 17.1 Å². The Morgan fingerprint density at radius 1 is 0.967 bits per heavy atom. The monoisotopic (exact) mass is 401 g/mol. The van der Waals surface area contributed by atoms with Crippen LogP contribution < -0.4 is 4.90 Å². The minimum atomic E-state index is -0.521. The van der Waals surface area contributed by atoms with E-state index in [0.717, 1.165) is 10.5 Å². The molecule has 4 rings (SSSR count).